The number of fused-ring (bicyclic) bond motifs is 1. The summed E-state index contributed by atoms with van der Waals surface area (Å²) in [6, 6.07) is 14.9. The van der Waals surface area contributed by atoms with Gasteiger partial charge in [-0.2, -0.15) is 17.6 Å². The van der Waals surface area contributed by atoms with Gasteiger partial charge in [0, 0.05) is 5.39 Å². The van der Waals surface area contributed by atoms with Crippen molar-refractivity contribution < 1.29 is 8.42 Å². The Morgan fingerprint density at radius 1 is 1.20 bits per heavy atom. The van der Waals surface area contributed by atoms with Crippen molar-refractivity contribution in [3.63, 3.8) is 0 Å². The molecule has 3 rings (SSSR count). The van der Waals surface area contributed by atoms with E-state index >= 15 is 0 Å². The van der Waals surface area contributed by atoms with Crippen molar-refractivity contribution in [3.05, 3.63) is 59.8 Å². The summed E-state index contributed by atoms with van der Waals surface area (Å²) in [6.07, 6.45) is 0. The van der Waals surface area contributed by atoms with Crippen LogP contribution in [0.2, 0.25) is 0 Å². The highest BCUT2D eigenvalue weighted by Gasteiger charge is 2.21. The topological polar surface area (TPSA) is 52.0 Å². The molecule has 2 aromatic carbocycles. The van der Waals surface area contributed by atoms with Gasteiger partial charge in [-0.25, -0.2) is 0 Å². The fraction of sp³-hybridized carbons (Fsp3) is 0.133. The predicted molar refractivity (Wildman–Crippen MR) is 77.1 cm³/mol. The summed E-state index contributed by atoms with van der Waals surface area (Å²) >= 11 is 0. The van der Waals surface area contributed by atoms with Gasteiger partial charge in [-0.3, -0.25) is 0 Å². The summed E-state index contributed by atoms with van der Waals surface area (Å²) in [4.78, 5) is 0.245. The minimum atomic E-state index is -3.68. The number of aryl methyl sites for hydroxylation is 2. The zero-order chi connectivity index (χ0) is 14.3. The van der Waals surface area contributed by atoms with E-state index < -0.39 is 10.0 Å². The van der Waals surface area contributed by atoms with Crippen molar-refractivity contribution in [1.29, 1.82) is 0 Å². The molecule has 20 heavy (non-hydrogen) atoms. The average molecular weight is 285 g/mol. The van der Waals surface area contributed by atoms with Crippen LogP contribution in [0.1, 0.15) is 11.3 Å². The molecule has 3 aromatic rings. The number of benzene rings is 2. The molecule has 0 saturated heterocycles. The molecule has 0 N–H and O–H groups in total. The van der Waals surface area contributed by atoms with E-state index in [-0.39, 0.29) is 4.90 Å². The number of hydrogen-bond acceptors (Lipinski definition) is 3. The Labute approximate surface area is 117 Å². The molecule has 0 bridgehead atoms. The lowest BCUT2D eigenvalue weighted by Crippen LogP contribution is -2.14. The van der Waals surface area contributed by atoms with Crippen LogP contribution in [0.3, 0.4) is 0 Å². The number of hydrogen-bond donors (Lipinski definition) is 0. The second-order valence-corrected chi connectivity index (χ2v) is 6.46. The first-order valence-corrected chi connectivity index (χ1v) is 7.62. The van der Waals surface area contributed by atoms with E-state index in [2.05, 4.69) is 11.2 Å². The highest BCUT2D eigenvalue weighted by Crippen LogP contribution is 2.22. The molecule has 4 nitrogen and oxygen atoms in total. The molecule has 1 aromatic heterocycles. The van der Waals surface area contributed by atoms with Gasteiger partial charge in [0.25, 0.3) is 10.0 Å². The van der Waals surface area contributed by atoms with Crippen LogP contribution in [0.15, 0.2) is 47.4 Å². The summed E-state index contributed by atoms with van der Waals surface area (Å²) in [5.74, 6) is 0. The molecule has 5 heteroatoms. The Morgan fingerprint density at radius 3 is 2.75 bits per heavy atom. The van der Waals surface area contributed by atoms with Gasteiger partial charge < -0.3 is 0 Å². The van der Waals surface area contributed by atoms with Crippen LogP contribution in [-0.4, -0.2) is 17.6 Å². The lowest BCUT2D eigenvalue weighted by molar-refractivity contribution is 0.581. The zero-order valence-corrected chi connectivity index (χ0v) is 12.0. The van der Waals surface area contributed by atoms with Crippen molar-refractivity contribution in [2.24, 2.45) is 0 Å². The van der Waals surface area contributed by atoms with Crippen LogP contribution in [0.5, 0.6) is 0 Å². The van der Waals surface area contributed by atoms with Gasteiger partial charge in [-0.1, -0.05) is 18.2 Å². The molecule has 0 aliphatic rings. The van der Waals surface area contributed by atoms with Crippen LogP contribution in [0, 0.1) is 19.9 Å². The molecule has 1 heterocycles. The summed E-state index contributed by atoms with van der Waals surface area (Å²) in [5.41, 5.74) is 2.14. The molecular formula is C15H13N2O2S. The SMILES string of the molecule is Cc1cccc(S(=O)(=O)n2nc(C)c3c[c]ccc32)c1. The molecule has 0 unspecified atom stereocenters. The van der Waals surface area contributed by atoms with Gasteiger partial charge in [-0.15, -0.1) is 0 Å². The molecular weight excluding hydrogens is 272 g/mol. The Morgan fingerprint density at radius 2 is 2.00 bits per heavy atom. The largest absolute Gasteiger partial charge is 0.283 e. The summed E-state index contributed by atoms with van der Waals surface area (Å²) < 4.78 is 26.5. The molecule has 1 radical (unpaired) electrons. The molecule has 0 saturated carbocycles. The smallest absolute Gasteiger partial charge is 0.199 e. The zero-order valence-electron chi connectivity index (χ0n) is 11.2. The molecule has 0 spiro atoms. The van der Waals surface area contributed by atoms with Crippen LogP contribution in [-0.2, 0) is 10.0 Å². The highest BCUT2D eigenvalue weighted by atomic mass is 32.2. The van der Waals surface area contributed by atoms with Gasteiger partial charge in [0.2, 0.25) is 0 Å². The van der Waals surface area contributed by atoms with Crippen LogP contribution < -0.4 is 0 Å². The van der Waals surface area contributed by atoms with E-state index in [0.29, 0.717) is 11.2 Å². The maximum atomic E-state index is 12.7. The normalized spacial score (nSPS) is 11.9. The monoisotopic (exact) mass is 285 g/mol. The lowest BCUT2D eigenvalue weighted by atomic mass is 10.2. The Bertz CT molecular complexity index is 895. The predicted octanol–water partition coefficient (Wildman–Crippen LogP) is 2.69. The van der Waals surface area contributed by atoms with Gasteiger partial charge in [-0.05, 0) is 49.7 Å². The van der Waals surface area contributed by atoms with Crippen LogP contribution in [0.25, 0.3) is 10.9 Å². The number of nitrogens with zero attached hydrogens (tertiary/aromatic N) is 2. The van der Waals surface area contributed by atoms with E-state index in [9.17, 15) is 8.42 Å². The molecule has 0 aliphatic heterocycles. The second kappa shape index (κ2) is 4.45. The lowest BCUT2D eigenvalue weighted by Gasteiger charge is -2.06. The molecule has 101 valence electrons. The van der Waals surface area contributed by atoms with Crippen molar-refractivity contribution in [2.75, 3.05) is 0 Å². The fourth-order valence-electron chi connectivity index (χ4n) is 2.18. The fourth-order valence-corrected chi connectivity index (χ4v) is 3.61. The average Bonchev–Trinajstić information content (AvgIpc) is 2.78. The first kappa shape index (κ1) is 12.9. The first-order valence-electron chi connectivity index (χ1n) is 6.18. The summed E-state index contributed by atoms with van der Waals surface area (Å²) in [7, 11) is -3.68. The maximum Gasteiger partial charge on any atom is 0.283 e. The standard InChI is InChI=1S/C15H13N2O2S/c1-11-6-5-7-13(10-11)20(18,19)17-15-9-4-3-8-14(15)12(2)16-17/h4-10H,1-2H3. The third kappa shape index (κ3) is 1.91. The van der Waals surface area contributed by atoms with Gasteiger partial charge in [0.15, 0.2) is 0 Å². The summed E-state index contributed by atoms with van der Waals surface area (Å²) in [5, 5.41) is 4.97. The van der Waals surface area contributed by atoms with Crippen LogP contribution >= 0.6 is 0 Å². The van der Waals surface area contributed by atoms with Crippen molar-refractivity contribution in [1.82, 2.24) is 9.19 Å². The maximum absolute atomic E-state index is 12.7. The third-order valence-electron chi connectivity index (χ3n) is 3.19. The molecule has 0 aliphatic carbocycles. The number of rotatable bonds is 2. The minimum Gasteiger partial charge on any atom is -0.199 e. The quantitative estimate of drug-likeness (QED) is 0.727. The second-order valence-electron chi connectivity index (χ2n) is 4.69. The van der Waals surface area contributed by atoms with E-state index in [4.69, 9.17) is 0 Å². The Kier molecular flexibility index (Phi) is 2.87. The van der Waals surface area contributed by atoms with Crippen LogP contribution in [0.4, 0.5) is 0 Å². The highest BCUT2D eigenvalue weighted by molar-refractivity contribution is 7.90. The van der Waals surface area contributed by atoms with Gasteiger partial charge in [0.1, 0.15) is 0 Å². The van der Waals surface area contributed by atoms with Gasteiger partial charge >= 0.3 is 0 Å². The van der Waals surface area contributed by atoms with Crippen molar-refractivity contribution in [3.8, 4) is 0 Å². The number of aromatic nitrogens is 2. The third-order valence-corrected chi connectivity index (χ3v) is 4.78. The molecule has 0 amide bonds. The van der Waals surface area contributed by atoms with Crippen molar-refractivity contribution >= 4 is 20.9 Å². The molecule has 0 atom stereocenters. The Balaban J connectivity index is 2.30. The van der Waals surface area contributed by atoms with E-state index in [1.54, 1.807) is 43.3 Å². The Hall–Kier alpha value is -2.14. The van der Waals surface area contributed by atoms with Gasteiger partial charge in [0.05, 0.1) is 16.1 Å². The van der Waals surface area contributed by atoms with E-state index in [0.717, 1.165) is 15.0 Å². The van der Waals surface area contributed by atoms with E-state index in [1.165, 1.54) is 0 Å². The molecule has 0 fully saturated rings. The minimum absolute atomic E-state index is 0.245. The summed E-state index contributed by atoms with van der Waals surface area (Å²) in [6.45, 7) is 3.65. The van der Waals surface area contributed by atoms with E-state index in [1.807, 2.05) is 13.0 Å². The first-order chi connectivity index (χ1) is 9.50. The van der Waals surface area contributed by atoms with Crippen molar-refractivity contribution in [2.45, 2.75) is 18.7 Å².